The lowest BCUT2D eigenvalue weighted by Crippen LogP contribution is -2.32. The van der Waals surface area contributed by atoms with Crippen molar-refractivity contribution in [2.45, 2.75) is 38.3 Å². The van der Waals surface area contributed by atoms with Crippen LogP contribution in [0.5, 0.6) is 0 Å². The van der Waals surface area contributed by atoms with Crippen LogP contribution < -0.4 is 0 Å². The number of hydrogen-bond donors (Lipinski definition) is 0. The molecule has 10 nitrogen and oxygen atoms in total. The highest BCUT2D eigenvalue weighted by Gasteiger charge is 2.29. The van der Waals surface area contributed by atoms with Crippen LogP contribution in [0.4, 0.5) is 0 Å². The molecule has 2 aromatic carbocycles. The van der Waals surface area contributed by atoms with Crippen LogP contribution in [-0.2, 0) is 47.6 Å². The SMILES string of the molecule is COC(C(=O)OC(C)C(=O)OCOC(=O)C(C)OC(=O)C(OC)c1ccccc1)c1ccccc1. The Labute approximate surface area is 203 Å². The van der Waals surface area contributed by atoms with Crippen LogP contribution in [0.15, 0.2) is 60.7 Å². The molecule has 0 bridgehead atoms. The Bertz CT molecular complexity index is 897. The second-order valence-electron chi connectivity index (χ2n) is 7.26. The van der Waals surface area contributed by atoms with Crippen molar-refractivity contribution in [3.63, 3.8) is 0 Å². The van der Waals surface area contributed by atoms with Gasteiger partial charge in [-0.15, -0.1) is 0 Å². The van der Waals surface area contributed by atoms with Gasteiger partial charge in [-0.3, -0.25) is 0 Å². The van der Waals surface area contributed by atoms with Gasteiger partial charge in [0.2, 0.25) is 6.79 Å². The van der Waals surface area contributed by atoms with Crippen molar-refractivity contribution in [2.24, 2.45) is 0 Å². The molecule has 0 aliphatic rings. The minimum absolute atomic E-state index is 0.556. The molecule has 188 valence electrons. The van der Waals surface area contributed by atoms with Crippen molar-refractivity contribution >= 4 is 23.9 Å². The first kappa shape index (κ1) is 27.5. The van der Waals surface area contributed by atoms with E-state index in [9.17, 15) is 19.2 Å². The summed E-state index contributed by atoms with van der Waals surface area (Å²) in [6, 6.07) is 17.2. The fourth-order valence-corrected chi connectivity index (χ4v) is 2.94. The first-order chi connectivity index (χ1) is 16.8. The van der Waals surface area contributed by atoms with Crippen LogP contribution in [0.3, 0.4) is 0 Å². The first-order valence-corrected chi connectivity index (χ1v) is 10.7. The fraction of sp³-hybridized carbons (Fsp3) is 0.360. The number of benzene rings is 2. The lowest BCUT2D eigenvalue weighted by molar-refractivity contribution is -0.188. The van der Waals surface area contributed by atoms with Crippen molar-refractivity contribution in [3.8, 4) is 0 Å². The number of esters is 4. The van der Waals surface area contributed by atoms with E-state index in [2.05, 4.69) is 0 Å². The Hall–Kier alpha value is -3.76. The average Bonchev–Trinajstić information content (AvgIpc) is 2.86. The number of ether oxygens (including phenoxy) is 6. The van der Waals surface area contributed by atoms with Crippen molar-refractivity contribution < 1.29 is 47.6 Å². The molecule has 0 saturated carbocycles. The molecule has 0 aromatic heterocycles. The van der Waals surface area contributed by atoms with E-state index in [1.54, 1.807) is 60.7 Å². The topological polar surface area (TPSA) is 124 Å². The summed E-state index contributed by atoms with van der Waals surface area (Å²) in [6.07, 6.45) is -4.62. The predicted octanol–water partition coefficient (Wildman–Crippen LogP) is 2.67. The molecule has 0 heterocycles. The molecular formula is C25H28O10. The minimum atomic E-state index is -1.29. The Kier molecular flexibility index (Phi) is 10.9. The maximum absolute atomic E-state index is 12.3. The molecule has 0 spiro atoms. The van der Waals surface area contributed by atoms with Gasteiger partial charge in [-0.1, -0.05) is 60.7 Å². The van der Waals surface area contributed by atoms with E-state index in [4.69, 9.17) is 28.4 Å². The molecule has 0 aliphatic heterocycles. The number of rotatable bonds is 12. The van der Waals surface area contributed by atoms with Gasteiger partial charge in [0.15, 0.2) is 24.4 Å². The third-order valence-corrected chi connectivity index (χ3v) is 4.76. The van der Waals surface area contributed by atoms with Crippen molar-refractivity contribution in [3.05, 3.63) is 71.8 Å². The predicted molar refractivity (Wildman–Crippen MR) is 121 cm³/mol. The first-order valence-electron chi connectivity index (χ1n) is 10.7. The molecular weight excluding hydrogens is 460 g/mol. The van der Waals surface area contributed by atoms with Gasteiger partial charge in [0.1, 0.15) is 0 Å². The summed E-state index contributed by atoms with van der Waals surface area (Å²) >= 11 is 0. The third-order valence-electron chi connectivity index (χ3n) is 4.76. The normalized spacial score (nSPS) is 14.1. The molecule has 2 aromatic rings. The molecule has 4 atom stereocenters. The zero-order valence-electron chi connectivity index (χ0n) is 19.9. The van der Waals surface area contributed by atoms with Crippen molar-refractivity contribution in [1.29, 1.82) is 0 Å². The molecule has 0 saturated heterocycles. The Morgan fingerprint density at radius 2 is 0.943 bits per heavy atom. The number of methoxy groups -OCH3 is 2. The Morgan fingerprint density at radius 1 is 0.600 bits per heavy atom. The van der Waals surface area contributed by atoms with E-state index >= 15 is 0 Å². The molecule has 0 aliphatic carbocycles. The van der Waals surface area contributed by atoms with Crippen LogP contribution >= 0.6 is 0 Å². The van der Waals surface area contributed by atoms with E-state index < -0.39 is 55.1 Å². The summed E-state index contributed by atoms with van der Waals surface area (Å²) < 4.78 is 30.1. The highest BCUT2D eigenvalue weighted by molar-refractivity contribution is 5.83. The molecule has 4 unspecified atom stereocenters. The largest absolute Gasteiger partial charge is 0.448 e. The second-order valence-corrected chi connectivity index (χ2v) is 7.26. The summed E-state index contributed by atoms with van der Waals surface area (Å²) in [7, 11) is 2.67. The van der Waals surface area contributed by atoms with Crippen LogP contribution in [-0.4, -0.2) is 57.1 Å². The van der Waals surface area contributed by atoms with Gasteiger partial charge >= 0.3 is 23.9 Å². The highest BCUT2D eigenvalue weighted by Crippen LogP contribution is 2.20. The van der Waals surface area contributed by atoms with Crippen LogP contribution in [0.2, 0.25) is 0 Å². The maximum atomic E-state index is 12.3. The Balaban J connectivity index is 1.78. The third kappa shape index (κ3) is 8.20. The number of hydrogen-bond acceptors (Lipinski definition) is 10. The molecule has 10 heteroatoms. The fourth-order valence-electron chi connectivity index (χ4n) is 2.94. The molecule has 0 radical (unpaired) electrons. The quantitative estimate of drug-likeness (QED) is 0.250. The lowest BCUT2D eigenvalue weighted by Gasteiger charge is -2.19. The van der Waals surface area contributed by atoms with E-state index in [-0.39, 0.29) is 0 Å². The summed E-state index contributed by atoms with van der Waals surface area (Å²) in [5.41, 5.74) is 1.11. The summed E-state index contributed by atoms with van der Waals surface area (Å²) in [4.78, 5) is 48.9. The van der Waals surface area contributed by atoms with E-state index in [1.807, 2.05) is 0 Å². The number of carbonyl (C=O) groups excluding carboxylic acids is 4. The highest BCUT2D eigenvalue weighted by atomic mass is 16.7. The summed E-state index contributed by atoms with van der Waals surface area (Å²) in [5, 5.41) is 0. The second kappa shape index (κ2) is 13.8. The van der Waals surface area contributed by atoms with E-state index in [0.29, 0.717) is 11.1 Å². The van der Waals surface area contributed by atoms with E-state index in [0.717, 1.165) is 0 Å². The molecule has 2 rings (SSSR count). The molecule has 35 heavy (non-hydrogen) atoms. The van der Waals surface area contributed by atoms with Gasteiger partial charge in [-0.05, 0) is 25.0 Å². The van der Waals surface area contributed by atoms with Gasteiger partial charge in [0, 0.05) is 14.2 Å². The standard InChI is InChI=1S/C25H28O10/c1-16(34-24(28)20(30-3)18-11-7-5-8-12-18)22(26)32-15-33-23(27)17(2)35-25(29)21(31-4)19-13-9-6-10-14-19/h5-14,16-17,20-21H,15H2,1-4H3. The number of carbonyl (C=O) groups is 4. The van der Waals surface area contributed by atoms with Crippen molar-refractivity contribution in [2.75, 3.05) is 21.0 Å². The summed E-state index contributed by atoms with van der Waals surface area (Å²) in [6.45, 7) is 1.84. The van der Waals surface area contributed by atoms with Crippen LogP contribution in [0, 0.1) is 0 Å². The maximum Gasteiger partial charge on any atom is 0.350 e. The van der Waals surface area contributed by atoms with Crippen LogP contribution in [0.25, 0.3) is 0 Å². The van der Waals surface area contributed by atoms with Gasteiger partial charge < -0.3 is 28.4 Å². The smallest absolute Gasteiger partial charge is 0.350 e. The zero-order chi connectivity index (χ0) is 25.8. The molecule has 0 amide bonds. The van der Waals surface area contributed by atoms with Crippen molar-refractivity contribution in [1.82, 2.24) is 0 Å². The lowest BCUT2D eigenvalue weighted by atomic mass is 10.1. The summed E-state index contributed by atoms with van der Waals surface area (Å²) in [5.74, 6) is -3.46. The van der Waals surface area contributed by atoms with Crippen LogP contribution in [0.1, 0.15) is 37.2 Å². The van der Waals surface area contributed by atoms with Gasteiger partial charge in [0.25, 0.3) is 0 Å². The zero-order valence-corrected chi connectivity index (χ0v) is 19.9. The minimum Gasteiger partial charge on any atom is -0.448 e. The van der Waals surface area contributed by atoms with Gasteiger partial charge in [-0.25, -0.2) is 19.2 Å². The van der Waals surface area contributed by atoms with E-state index in [1.165, 1.54) is 28.1 Å². The molecule has 0 fully saturated rings. The molecule has 0 N–H and O–H groups in total. The van der Waals surface area contributed by atoms with Gasteiger partial charge in [-0.2, -0.15) is 0 Å². The average molecular weight is 488 g/mol. The monoisotopic (exact) mass is 488 g/mol. The Morgan fingerprint density at radius 3 is 1.26 bits per heavy atom. The van der Waals surface area contributed by atoms with Gasteiger partial charge in [0.05, 0.1) is 0 Å².